The van der Waals surface area contributed by atoms with Gasteiger partial charge in [0, 0.05) is 37.8 Å². The van der Waals surface area contributed by atoms with E-state index in [1.165, 1.54) is 32.1 Å². The molecule has 4 rings (SSSR count). The zero-order valence-electron chi connectivity index (χ0n) is 17.3. The van der Waals surface area contributed by atoms with Crippen LogP contribution in [0.15, 0.2) is 30.3 Å². The third kappa shape index (κ3) is 4.38. The van der Waals surface area contributed by atoms with Crippen LogP contribution in [-0.4, -0.2) is 51.2 Å². The van der Waals surface area contributed by atoms with Crippen LogP contribution in [0.2, 0.25) is 0 Å². The van der Waals surface area contributed by atoms with Gasteiger partial charge in [-0.25, -0.2) is 4.98 Å². The molecule has 2 aromatic rings. The van der Waals surface area contributed by atoms with Gasteiger partial charge in [0.25, 0.3) is 5.91 Å². The Kier molecular flexibility index (Phi) is 6.31. The molecule has 29 heavy (non-hydrogen) atoms. The van der Waals surface area contributed by atoms with E-state index in [-0.39, 0.29) is 18.6 Å². The standard InChI is InChI=1S/C23H32N4O2/c1-17(18-8-4-2-5-9-18)24-23(29)21-20-16-26(14-15-28)12-13-27(20)22(25-21)19-10-6-3-7-11-19/h3,6-7,10-11,17-18,28H,2,4-5,8-9,12-16H2,1H3,(H,24,29). The monoisotopic (exact) mass is 396 g/mol. The Morgan fingerprint density at radius 3 is 2.69 bits per heavy atom. The van der Waals surface area contributed by atoms with Crippen LogP contribution in [0.1, 0.15) is 55.2 Å². The maximum Gasteiger partial charge on any atom is 0.272 e. The van der Waals surface area contributed by atoms with Gasteiger partial charge in [-0.1, -0.05) is 49.6 Å². The number of aliphatic hydroxyl groups excluding tert-OH is 1. The summed E-state index contributed by atoms with van der Waals surface area (Å²) in [6.45, 7) is 5.14. The van der Waals surface area contributed by atoms with Gasteiger partial charge in [0.15, 0.2) is 5.69 Å². The van der Waals surface area contributed by atoms with Crippen molar-refractivity contribution in [3.63, 3.8) is 0 Å². The van der Waals surface area contributed by atoms with Crippen LogP contribution in [-0.2, 0) is 13.1 Å². The molecule has 1 aliphatic carbocycles. The summed E-state index contributed by atoms with van der Waals surface area (Å²) >= 11 is 0. The van der Waals surface area contributed by atoms with Gasteiger partial charge in [0.2, 0.25) is 0 Å². The van der Waals surface area contributed by atoms with Crippen LogP contribution in [0.4, 0.5) is 0 Å². The number of carbonyl (C=O) groups is 1. The largest absolute Gasteiger partial charge is 0.395 e. The highest BCUT2D eigenvalue weighted by Gasteiger charge is 2.29. The van der Waals surface area contributed by atoms with Crippen LogP contribution >= 0.6 is 0 Å². The number of rotatable bonds is 6. The quantitative estimate of drug-likeness (QED) is 0.787. The second-order valence-corrected chi connectivity index (χ2v) is 8.41. The zero-order chi connectivity index (χ0) is 20.2. The van der Waals surface area contributed by atoms with E-state index in [2.05, 4.69) is 21.7 Å². The first kappa shape index (κ1) is 20.1. The fraction of sp³-hybridized carbons (Fsp3) is 0.565. The Bertz CT molecular complexity index is 827. The highest BCUT2D eigenvalue weighted by Crippen LogP contribution is 2.28. The summed E-state index contributed by atoms with van der Waals surface area (Å²) in [7, 11) is 0. The number of benzene rings is 1. The number of aromatic nitrogens is 2. The topological polar surface area (TPSA) is 70.4 Å². The Labute approximate surface area is 172 Å². The van der Waals surface area contributed by atoms with Crippen LogP contribution in [0.3, 0.4) is 0 Å². The molecule has 0 saturated heterocycles. The average molecular weight is 397 g/mol. The Hall–Kier alpha value is -2.18. The molecular weight excluding hydrogens is 364 g/mol. The molecule has 1 unspecified atom stereocenters. The summed E-state index contributed by atoms with van der Waals surface area (Å²) in [6, 6.07) is 10.2. The fourth-order valence-corrected chi connectivity index (χ4v) is 4.77. The first-order valence-corrected chi connectivity index (χ1v) is 11.0. The second kappa shape index (κ2) is 9.09. The molecule has 1 aromatic carbocycles. The molecule has 1 fully saturated rings. The molecule has 2 heterocycles. The lowest BCUT2D eigenvalue weighted by Crippen LogP contribution is -2.40. The summed E-state index contributed by atoms with van der Waals surface area (Å²) < 4.78 is 2.18. The van der Waals surface area contributed by atoms with Crippen molar-refractivity contribution in [2.45, 2.75) is 58.2 Å². The summed E-state index contributed by atoms with van der Waals surface area (Å²) in [5.74, 6) is 1.35. The first-order chi connectivity index (χ1) is 14.2. The van der Waals surface area contributed by atoms with E-state index in [4.69, 9.17) is 4.98 Å². The molecule has 2 aliphatic rings. The van der Waals surface area contributed by atoms with Crippen LogP contribution in [0.25, 0.3) is 11.4 Å². The summed E-state index contributed by atoms with van der Waals surface area (Å²) in [4.78, 5) is 20.2. The minimum Gasteiger partial charge on any atom is -0.395 e. The van der Waals surface area contributed by atoms with Crippen LogP contribution in [0.5, 0.6) is 0 Å². The predicted molar refractivity (Wildman–Crippen MR) is 114 cm³/mol. The number of hydrogen-bond donors (Lipinski definition) is 2. The summed E-state index contributed by atoms with van der Waals surface area (Å²) in [5.41, 5.74) is 2.52. The van der Waals surface area contributed by atoms with Gasteiger partial charge < -0.3 is 15.0 Å². The number of aliphatic hydroxyl groups is 1. The van der Waals surface area contributed by atoms with Crippen molar-refractivity contribution in [2.75, 3.05) is 19.7 Å². The van der Waals surface area contributed by atoms with Crippen molar-refractivity contribution in [3.8, 4) is 11.4 Å². The van der Waals surface area contributed by atoms with Gasteiger partial charge >= 0.3 is 0 Å². The normalized spacial score (nSPS) is 19.0. The molecule has 6 heteroatoms. The maximum atomic E-state index is 13.2. The number of carbonyl (C=O) groups excluding carboxylic acids is 1. The average Bonchev–Trinajstić information content (AvgIpc) is 3.14. The van der Waals surface area contributed by atoms with Crippen molar-refractivity contribution in [2.24, 2.45) is 5.92 Å². The zero-order valence-corrected chi connectivity index (χ0v) is 17.3. The predicted octanol–water partition coefficient (Wildman–Crippen LogP) is 3.06. The molecule has 1 atom stereocenters. The lowest BCUT2D eigenvalue weighted by molar-refractivity contribution is 0.0910. The number of fused-ring (bicyclic) bond motifs is 1. The fourth-order valence-electron chi connectivity index (χ4n) is 4.77. The van der Waals surface area contributed by atoms with E-state index in [1.807, 2.05) is 30.3 Å². The van der Waals surface area contributed by atoms with Crippen molar-refractivity contribution in [3.05, 3.63) is 41.7 Å². The number of β-amino-alcohol motifs (C(OH)–C–C–N with tert-alkyl or cyclic N) is 1. The maximum absolute atomic E-state index is 13.2. The molecule has 1 saturated carbocycles. The lowest BCUT2D eigenvalue weighted by atomic mass is 9.84. The van der Waals surface area contributed by atoms with Gasteiger partial charge in [0.05, 0.1) is 12.3 Å². The second-order valence-electron chi connectivity index (χ2n) is 8.41. The molecule has 6 nitrogen and oxygen atoms in total. The third-order valence-corrected chi connectivity index (χ3v) is 6.46. The van der Waals surface area contributed by atoms with E-state index in [9.17, 15) is 9.90 Å². The van der Waals surface area contributed by atoms with Crippen LogP contribution in [0, 0.1) is 5.92 Å². The van der Waals surface area contributed by atoms with Crippen molar-refractivity contribution < 1.29 is 9.90 Å². The molecular formula is C23H32N4O2. The lowest BCUT2D eigenvalue weighted by Gasteiger charge is -2.29. The molecule has 2 N–H and O–H groups in total. The highest BCUT2D eigenvalue weighted by atomic mass is 16.3. The molecule has 0 radical (unpaired) electrons. The Morgan fingerprint density at radius 1 is 1.21 bits per heavy atom. The summed E-state index contributed by atoms with van der Waals surface area (Å²) in [5, 5.41) is 12.6. The molecule has 0 spiro atoms. The van der Waals surface area contributed by atoms with E-state index in [0.29, 0.717) is 24.7 Å². The molecule has 0 bridgehead atoms. The first-order valence-electron chi connectivity index (χ1n) is 11.0. The van der Waals surface area contributed by atoms with E-state index >= 15 is 0 Å². The Morgan fingerprint density at radius 2 is 1.97 bits per heavy atom. The van der Waals surface area contributed by atoms with Crippen LogP contribution < -0.4 is 5.32 Å². The van der Waals surface area contributed by atoms with Crippen molar-refractivity contribution in [1.82, 2.24) is 19.8 Å². The van der Waals surface area contributed by atoms with Crippen molar-refractivity contribution in [1.29, 1.82) is 0 Å². The van der Waals surface area contributed by atoms with Gasteiger partial charge in [-0.15, -0.1) is 0 Å². The molecule has 1 aliphatic heterocycles. The minimum absolute atomic E-state index is 0.0696. The van der Waals surface area contributed by atoms with Gasteiger partial charge in [-0.05, 0) is 25.7 Å². The minimum atomic E-state index is -0.0696. The molecule has 1 amide bonds. The Balaban J connectivity index is 1.61. The van der Waals surface area contributed by atoms with E-state index in [1.54, 1.807) is 0 Å². The molecule has 1 aromatic heterocycles. The summed E-state index contributed by atoms with van der Waals surface area (Å²) in [6.07, 6.45) is 6.23. The van der Waals surface area contributed by atoms with Crippen molar-refractivity contribution >= 4 is 5.91 Å². The van der Waals surface area contributed by atoms with Gasteiger partial charge in [0.1, 0.15) is 5.82 Å². The number of nitrogens with zero attached hydrogens (tertiary/aromatic N) is 3. The smallest absolute Gasteiger partial charge is 0.272 e. The number of amides is 1. The van der Waals surface area contributed by atoms with E-state index < -0.39 is 0 Å². The number of nitrogens with one attached hydrogen (secondary N) is 1. The van der Waals surface area contributed by atoms with Gasteiger partial charge in [-0.2, -0.15) is 0 Å². The molecule has 156 valence electrons. The highest BCUT2D eigenvalue weighted by molar-refractivity contribution is 5.94. The number of hydrogen-bond acceptors (Lipinski definition) is 4. The number of imidazole rings is 1. The SMILES string of the molecule is CC(NC(=O)c1nc(-c2ccccc2)n2c1CN(CCO)CC2)C1CCCCC1. The van der Waals surface area contributed by atoms with Gasteiger partial charge in [-0.3, -0.25) is 9.69 Å². The third-order valence-electron chi connectivity index (χ3n) is 6.46. The van der Waals surface area contributed by atoms with E-state index in [0.717, 1.165) is 30.2 Å².